The van der Waals surface area contributed by atoms with Gasteiger partial charge in [-0.1, -0.05) is 12.1 Å². The van der Waals surface area contributed by atoms with Crippen LogP contribution in [0.1, 0.15) is 29.5 Å². The average Bonchev–Trinajstić information content (AvgIpc) is 2.84. The number of aromatic carboxylic acids is 1. The quantitative estimate of drug-likeness (QED) is 0.872. The van der Waals surface area contributed by atoms with Crippen molar-refractivity contribution in [3.05, 3.63) is 23.7 Å². The Labute approximate surface area is 97.8 Å². The molecule has 0 aliphatic rings. The predicted octanol–water partition coefficient (Wildman–Crippen LogP) is 1.73. The Morgan fingerprint density at radius 2 is 2.35 bits per heavy atom. The van der Waals surface area contributed by atoms with Gasteiger partial charge >= 0.3 is 5.97 Å². The topological polar surface area (TPSA) is 81.2 Å². The summed E-state index contributed by atoms with van der Waals surface area (Å²) in [6.45, 7) is 1.96. The summed E-state index contributed by atoms with van der Waals surface area (Å²) in [5.41, 5.74) is 1.13. The highest BCUT2D eigenvalue weighted by Crippen LogP contribution is 2.25. The van der Waals surface area contributed by atoms with Crippen molar-refractivity contribution in [2.45, 2.75) is 19.8 Å². The molecule has 2 aromatic heterocycles. The smallest absolute Gasteiger partial charge is 0.341 e. The van der Waals surface area contributed by atoms with Crippen molar-refractivity contribution in [3.63, 3.8) is 0 Å². The van der Waals surface area contributed by atoms with Crippen molar-refractivity contribution in [2.24, 2.45) is 7.05 Å². The molecule has 90 valence electrons. The van der Waals surface area contributed by atoms with Crippen LogP contribution in [-0.4, -0.2) is 26.0 Å². The molecular formula is C11H13N3O3. The highest BCUT2D eigenvalue weighted by atomic mass is 16.5. The van der Waals surface area contributed by atoms with Crippen molar-refractivity contribution >= 4 is 5.97 Å². The summed E-state index contributed by atoms with van der Waals surface area (Å²) in [7, 11) is 1.76. The van der Waals surface area contributed by atoms with Gasteiger partial charge in [0.2, 0.25) is 0 Å². The number of carboxylic acids is 1. The Morgan fingerprint density at radius 1 is 1.59 bits per heavy atom. The van der Waals surface area contributed by atoms with Crippen LogP contribution in [0.2, 0.25) is 0 Å². The standard InChI is InChI=1S/C11H13N3O3/c1-3-4-8-9(11(15)16)10(13-17-8)7-5-12-14(2)6-7/h5-6H,3-4H2,1-2H3,(H,15,16). The van der Waals surface area contributed by atoms with Crippen LogP contribution in [0.15, 0.2) is 16.9 Å². The maximum absolute atomic E-state index is 11.2. The summed E-state index contributed by atoms with van der Waals surface area (Å²) in [4.78, 5) is 11.2. The van der Waals surface area contributed by atoms with Crippen molar-refractivity contribution in [3.8, 4) is 11.3 Å². The van der Waals surface area contributed by atoms with E-state index < -0.39 is 5.97 Å². The lowest BCUT2D eigenvalue weighted by molar-refractivity contribution is 0.0695. The number of hydrogen-bond acceptors (Lipinski definition) is 4. The fraction of sp³-hybridized carbons (Fsp3) is 0.364. The lowest BCUT2D eigenvalue weighted by atomic mass is 10.1. The molecule has 2 heterocycles. The predicted molar refractivity (Wildman–Crippen MR) is 59.7 cm³/mol. The van der Waals surface area contributed by atoms with Gasteiger partial charge in [-0.05, 0) is 6.42 Å². The lowest BCUT2D eigenvalue weighted by Gasteiger charge is -1.95. The molecule has 0 unspecified atom stereocenters. The van der Waals surface area contributed by atoms with Gasteiger partial charge in [0.1, 0.15) is 11.3 Å². The van der Waals surface area contributed by atoms with E-state index in [0.29, 0.717) is 23.4 Å². The van der Waals surface area contributed by atoms with E-state index in [0.717, 1.165) is 6.42 Å². The van der Waals surface area contributed by atoms with Crippen LogP contribution in [0.5, 0.6) is 0 Å². The van der Waals surface area contributed by atoms with Crippen LogP contribution in [0, 0.1) is 0 Å². The number of hydrogen-bond donors (Lipinski definition) is 1. The van der Waals surface area contributed by atoms with E-state index in [2.05, 4.69) is 10.3 Å². The minimum Gasteiger partial charge on any atom is -0.477 e. The van der Waals surface area contributed by atoms with Crippen molar-refractivity contribution < 1.29 is 14.4 Å². The zero-order valence-electron chi connectivity index (χ0n) is 9.67. The summed E-state index contributed by atoms with van der Waals surface area (Å²) in [5.74, 6) is -0.604. The zero-order chi connectivity index (χ0) is 12.4. The van der Waals surface area contributed by atoms with E-state index in [1.807, 2.05) is 6.92 Å². The number of rotatable bonds is 4. The molecule has 0 aliphatic carbocycles. The first-order chi connectivity index (χ1) is 8.13. The van der Waals surface area contributed by atoms with E-state index in [1.54, 1.807) is 24.1 Å². The molecule has 0 fully saturated rings. The maximum Gasteiger partial charge on any atom is 0.341 e. The maximum atomic E-state index is 11.2. The minimum absolute atomic E-state index is 0.139. The summed E-state index contributed by atoms with van der Waals surface area (Å²) < 4.78 is 6.69. The molecule has 0 saturated heterocycles. The van der Waals surface area contributed by atoms with Gasteiger partial charge in [0.05, 0.1) is 6.20 Å². The third kappa shape index (κ3) is 2.06. The number of aromatic nitrogens is 3. The second kappa shape index (κ2) is 4.40. The van der Waals surface area contributed by atoms with Gasteiger partial charge in [0, 0.05) is 25.2 Å². The van der Waals surface area contributed by atoms with Crippen LogP contribution in [0.25, 0.3) is 11.3 Å². The molecular weight excluding hydrogens is 222 g/mol. The lowest BCUT2D eigenvalue weighted by Crippen LogP contribution is -2.01. The average molecular weight is 235 g/mol. The third-order valence-electron chi connectivity index (χ3n) is 2.43. The molecule has 0 saturated carbocycles. The van der Waals surface area contributed by atoms with Crippen LogP contribution >= 0.6 is 0 Å². The van der Waals surface area contributed by atoms with Gasteiger partial charge in [-0.15, -0.1) is 0 Å². The molecule has 1 N–H and O–H groups in total. The summed E-state index contributed by atoms with van der Waals surface area (Å²) in [5, 5.41) is 17.0. The first-order valence-corrected chi connectivity index (χ1v) is 5.34. The number of nitrogens with zero attached hydrogens (tertiary/aromatic N) is 3. The summed E-state index contributed by atoms with van der Waals surface area (Å²) in [6, 6.07) is 0. The molecule has 6 nitrogen and oxygen atoms in total. The Kier molecular flexibility index (Phi) is 2.95. The van der Waals surface area contributed by atoms with E-state index in [9.17, 15) is 9.90 Å². The van der Waals surface area contributed by atoms with E-state index in [-0.39, 0.29) is 5.56 Å². The molecule has 6 heteroatoms. The highest BCUT2D eigenvalue weighted by molar-refractivity contribution is 5.95. The van der Waals surface area contributed by atoms with Crippen molar-refractivity contribution in [1.29, 1.82) is 0 Å². The Balaban J connectivity index is 2.50. The van der Waals surface area contributed by atoms with Gasteiger partial charge in [-0.25, -0.2) is 4.79 Å². The molecule has 0 radical (unpaired) electrons. The van der Waals surface area contributed by atoms with Crippen molar-refractivity contribution in [2.75, 3.05) is 0 Å². The minimum atomic E-state index is -1.02. The summed E-state index contributed by atoms with van der Waals surface area (Å²) in [6.07, 6.45) is 4.65. The molecule has 2 aromatic rings. The van der Waals surface area contributed by atoms with Crippen LogP contribution in [-0.2, 0) is 13.5 Å². The number of carbonyl (C=O) groups is 1. The van der Waals surface area contributed by atoms with Gasteiger partial charge in [0.25, 0.3) is 0 Å². The molecule has 0 spiro atoms. The molecule has 0 bridgehead atoms. The number of carboxylic acid groups (broad SMARTS) is 1. The Bertz CT molecular complexity index is 542. The van der Waals surface area contributed by atoms with E-state index in [4.69, 9.17) is 4.52 Å². The highest BCUT2D eigenvalue weighted by Gasteiger charge is 2.23. The van der Waals surface area contributed by atoms with Gasteiger partial charge in [0.15, 0.2) is 5.76 Å². The largest absolute Gasteiger partial charge is 0.477 e. The molecule has 0 atom stereocenters. The zero-order valence-corrected chi connectivity index (χ0v) is 9.67. The monoisotopic (exact) mass is 235 g/mol. The van der Waals surface area contributed by atoms with Gasteiger partial charge in [-0.3, -0.25) is 4.68 Å². The normalized spacial score (nSPS) is 10.7. The first kappa shape index (κ1) is 11.4. The summed E-state index contributed by atoms with van der Waals surface area (Å²) >= 11 is 0. The Morgan fingerprint density at radius 3 is 2.88 bits per heavy atom. The second-order valence-corrected chi connectivity index (χ2v) is 3.79. The second-order valence-electron chi connectivity index (χ2n) is 3.79. The molecule has 0 aliphatic heterocycles. The third-order valence-corrected chi connectivity index (χ3v) is 2.43. The van der Waals surface area contributed by atoms with Gasteiger partial charge < -0.3 is 9.63 Å². The first-order valence-electron chi connectivity index (χ1n) is 5.34. The molecule has 0 aromatic carbocycles. The van der Waals surface area contributed by atoms with Crippen molar-refractivity contribution in [1.82, 2.24) is 14.9 Å². The molecule has 0 amide bonds. The number of aryl methyl sites for hydroxylation is 2. The van der Waals surface area contributed by atoms with E-state index >= 15 is 0 Å². The SMILES string of the molecule is CCCc1onc(-c2cnn(C)c2)c1C(=O)O. The fourth-order valence-corrected chi connectivity index (χ4v) is 1.68. The fourth-order valence-electron chi connectivity index (χ4n) is 1.68. The van der Waals surface area contributed by atoms with Gasteiger partial charge in [-0.2, -0.15) is 5.10 Å². The van der Waals surface area contributed by atoms with Crippen LogP contribution in [0.4, 0.5) is 0 Å². The molecule has 2 rings (SSSR count). The molecule has 17 heavy (non-hydrogen) atoms. The van der Waals surface area contributed by atoms with Crippen LogP contribution in [0.3, 0.4) is 0 Å². The van der Waals surface area contributed by atoms with E-state index in [1.165, 1.54) is 0 Å². The van der Waals surface area contributed by atoms with Crippen LogP contribution < -0.4 is 0 Å². The Hall–Kier alpha value is -2.11.